The van der Waals surface area contributed by atoms with Crippen LogP contribution in [-0.2, 0) is 19.0 Å². The monoisotopic (exact) mass is 632 g/mol. The molecule has 2 N–H and O–H groups in total. The summed E-state index contributed by atoms with van der Waals surface area (Å²) in [6.45, 7) is 17.3. The quantitative estimate of drug-likeness (QED) is 0.334. The normalized spacial score (nSPS) is 19.2. The number of amides is 2. The van der Waals surface area contributed by atoms with Gasteiger partial charge in [0.2, 0.25) is 17.8 Å². The lowest BCUT2D eigenvalue weighted by molar-refractivity contribution is -0.148. The van der Waals surface area contributed by atoms with E-state index in [9.17, 15) is 14.4 Å². The molecule has 45 heavy (non-hydrogen) atoms. The number of carbonyl (C=O) groups is 3. The van der Waals surface area contributed by atoms with Crippen LogP contribution in [0.3, 0.4) is 0 Å². The van der Waals surface area contributed by atoms with Crippen LogP contribution in [0, 0.1) is 5.92 Å². The van der Waals surface area contributed by atoms with E-state index in [0.29, 0.717) is 76.6 Å². The van der Waals surface area contributed by atoms with Gasteiger partial charge in [-0.25, -0.2) is 9.59 Å². The second-order valence-corrected chi connectivity index (χ2v) is 14.1. The van der Waals surface area contributed by atoms with Gasteiger partial charge in [0.15, 0.2) is 0 Å². The second kappa shape index (κ2) is 14.7. The molecule has 0 aliphatic carbocycles. The zero-order chi connectivity index (χ0) is 32.8. The fraction of sp³-hybridized carbons (Fsp3) is 0.806. The number of hydrogen-bond acceptors (Lipinski definition) is 12. The van der Waals surface area contributed by atoms with Gasteiger partial charge in [0.25, 0.3) is 0 Å². The summed E-state index contributed by atoms with van der Waals surface area (Å²) in [4.78, 5) is 58.1. The zero-order valence-electron chi connectivity index (χ0n) is 28.1. The predicted octanol–water partition coefficient (Wildman–Crippen LogP) is 3.64. The number of aromatic nitrogens is 3. The highest BCUT2D eigenvalue weighted by Gasteiger charge is 2.31. The van der Waals surface area contributed by atoms with Crippen molar-refractivity contribution in [1.82, 2.24) is 25.6 Å². The van der Waals surface area contributed by atoms with Gasteiger partial charge in [0.05, 0.1) is 12.5 Å². The van der Waals surface area contributed by atoms with E-state index in [2.05, 4.69) is 25.3 Å². The second-order valence-electron chi connectivity index (χ2n) is 14.1. The zero-order valence-corrected chi connectivity index (χ0v) is 28.1. The lowest BCUT2D eigenvalue weighted by atomic mass is 9.97. The smallest absolute Gasteiger partial charge is 0.407 e. The number of piperidine rings is 3. The van der Waals surface area contributed by atoms with E-state index in [1.165, 1.54) is 0 Å². The third-order valence-electron chi connectivity index (χ3n) is 8.00. The fourth-order valence-corrected chi connectivity index (χ4v) is 5.74. The molecule has 0 spiro atoms. The number of alkyl carbamates (subject to hydrolysis) is 2. The molecule has 3 aliphatic rings. The lowest BCUT2D eigenvalue weighted by Crippen LogP contribution is -2.47. The molecule has 3 fully saturated rings. The molecule has 0 bridgehead atoms. The number of esters is 1. The van der Waals surface area contributed by atoms with Gasteiger partial charge in [-0.15, -0.1) is 0 Å². The predicted molar refractivity (Wildman–Crippen MR) is 171 cm³/mol. The number of rotatable bonds is 7. The molecule has 0 radical (unpaired) electrons. The Morgan fingerprint density at radius 2 is 0.978 bits per heavy atom. The molecule has 252 valence electrons. The minimum atomic E-state index is -0.548. The van der Waals surface area contributed by atoms with Gasteiger partial charge < -0.3 is 39.5 Å². The van der Waals surface area contributed by atoms with Gasteiger partial charge in [0.1, 0.15) is 11.2 Å². The molecule has 0 unspecified atom stereocenters. The lowest BCUT2D eigenvalue weighted by Gasteiger charge is -2.36. The van der Waals surface area contributed by atoms with Crippen molar-refractivity contribution in [3.63, 3.8) is 0 Å². The van der Waals surface area contributed by atoms with Crippen LogP contribution in [0.15, 0.2) is 0 Å². The van der Waals surface area contributed by atoms with Gasteiger partial charge in [0, 0.05) is 51.4 Å². The summed E-state index contributed by atoms with van der Waals surface area (Å²) >= 11 is 0. The molecule has 0 saturated carbocycles. The minimum absolute atomic E-state index is 0.00952. The molecule has 1 aromatic rings. The summed E-state index contributed by atoms with van der Waals surface area (Å²) in [6, 6.07) is 0.0190. The van der Waals surface area contributed by atoms with Gasteiger partial charge in [-0.3, -0.25) is 4.79 Å². The maximum atomic E-state index is 12.3. The van der Waals surface area contributed by atoms with Crippen LogP contribution in [0.1, 0.15) is 87.0 Å². The first-order valence-electron chi connectivity index (χ1n) is 16.4. The van der Waals surface area contributed by atoms with Crippen molar-refractivity contribution in [3.05, 3.63) is 0 Å². The molecule has 4 heterocycles. The molecule has 1 aromatic heterocycles. The number of hydrogen-bond donors (Lipinski definition) is 2. The molecule has 14 nitrogen and oxygen atoms in total. The third kappa shape index (κ3) is 10.5. The molecule has 0 aromatic carbocycles. The standard InChI is InChI=1S/C31H52N8O6/c1-8-43-24(40)21-9-15-37(16-10-21)25-34-26(38-17-11-22(12-18-38)32-28(41)44-30(2,3)4)36-27(35-25)39-19-13-23(14-20-39)33-29(42)45-31(5,6)7/h21-23H,8-20H2,1-7H3,(H,32,41)(H,33,42). The molecular weight excluding hydrogens is 580 g/mol. The Morgan fingerprint density at radius 1 is 0.644 bits per heavy atom. The average Bonchev–Trinajstić information content (AvgIpc) is 2.96. The molecule has 3 saturated heterocycles. The maximum absolute atomic E-state index is 12.3. The SMILES string of the molecule is CCOC(=O)C1CCN(c2nc(N3CCC(NC(=O)OC(C)(C)C)CC3)nc(N3CCC(NC(=O)OC(C)(C)C)CC3)n2)CC1. The van der Waals surface area contributed by atoms with Crippen molar-refractivity contribution >= 4 is 36.0 Å². The molecular formula is C31H52N8O6. The summed E-state index contributed by atoms with van der Waals surface area (Å²) in [5.74, 6) is 1.55. The van der Waals surface area contributed by atoms with E-state index in [0.717, 1.165) is 25.7 Å². The Morgan fingerprint density at radius 3 is 1.29 bits per heavy atom. The van der Waals surface area contributed by atoms with E-state index in [-0.39, 0.29) is 24.0 Å². The van der Waals surface area contributed by atoms with Gasteiger partial charge in [-0.1, -0.05) is 0 Å². The Labute approximate surface area is 266 Å². The Hall–Kier alpha value is -3.58. The fourth-order valence-electron chi connectivity index (χ4n) is 5.74. The Balaban J connectivity index is 1.44. The molecule has 2 amide bonds. The van der Waals surface area contributed by atoms with E-state index >= 15 is 0 Å². The van der Waals surface area contributed by atoms with Crippen LogP contribution in [0.5, 0.6) is 0 Å². The first kappa shape index (κ1) is 34.3. The number of carbonyl (C=O) groups excluding carboxylic acids is 3. The molecule has 14 heteroatoms. The highest BCUT2D eigenvalue weighted by molar-refractivity contribution is 5.73. The van der Waals surface area contributed by atoms with Crippen LogP contribution >= 0.6 is 0 Å². The summed E-state index contributed by atoms with van der Waals surface area (Å²) in [7, 11) is 0. The number of ether oxygens (including phenoxy) is 3. The van der Waals surface area contributed by atoms with Crippen molar-refractivity contribution in [2.24, 2.45) is 5.92 Å². The van der Waals surface area contributed by atoms with Crippen LogP contribution in [0.4, 0.5) is 27.4 Å². The Bertz CT molecular complexity index is 1090. The first-order chi connectivity index (χ1) is 21.2. The van der Waals surface area contributed by atoms with Crippen LogP contribution in [0.2, 0.25) is 0 Å². The summed E-state index contributed by atoms with van der Waals surface area (Å²) in [6.07, 6.45) is 3.51. The van der Waals surface area contributed by atoms with E-state index < -0.39 is 23.4 Å². The largest absolute Gasteiger partial charge is 0.466 e. The highest BCUT2D eigenvalue weighted by Crippen LogP contribution is 2.27. The van der Waals surface area contributed by atoms with Gasteiger partial charge in [-0.05, 0) is 87.0 Å². The van der Waals surface area contributed by atoms with Crippen molar-refractivity contribution in [3.8, 4) is 0 Å². The maximum Gasteiger partial charge on any atom is 0.407 e. The van der Waals surface area contributed by atoms with E-state index in [1.54, 1.807) is 0 Å². The van der Waals surface area contributed by atoms with Gasteiger partial charge in [-0.2, -0.15) is 15.0 Å². The van der Waals surface area contributed by atoms with Crippen LogP contribution < -0.4 is 25.3 Å². The van der Waals surface area contributed by atoms with Crippen molar-refractivity contribution in [2.75, 3.05) is 60.6 Å². The summed E-state index contributed by atoms with van der Waals surface area (Å²) in [5, 5.41) is 5.98. The minimum Gasteiger partial charge on any atom is -0.466 e. The van der Waals surface area contributed by atoms with E-state index in [1.807, 2.05) is 48.5 Å². The number of nitrogens with zero attached hydrogens (tertiary/aromatic N) is 6. The van der Waals surface area contributed by atoms with Crippen LogP contribution in [-0.4, -0.2) is 102 Å². The Kier molecular flexibility index (Phi) is 11.2. The topological polar surface area (TPSA) is 151 Å². The van der Waals surface area contributed by atoms with Crippen molar-refractivity contribution in [2.45, 2.75) is 110 Å². The summed E-state index contributed by atoms with van der Waals surface area (Å²) in [5.41, 5.74) is -1.10. The summed E-state index contributed by atoms with van der Waals surface area (Å²) < 4.78 is 16.1. The number of nitrogens with one attached hydrogen (secondary N) is 2. The van der Waals surface area contributed by atoms with E-state index in [4.69, 9.17) is 29.2 Å². The third-order valence-corrected chi connectivity index (χ3v) is 8.00. The number of anilines is 3. The molecule has 4 rings (SSSR count). The first-order valence-corrected chi connectivity index (χ1v) is 16.4. The van der Waals surface area contributed by atoms with Gasteiger partial charge >= 0.3 is 18.2 Å². The molecule has 3 aliphatic heterocycles. The van der Waals surface area contributed by atoms with Crippen LogP contribution in [0.25, 0.3) is 0 Å². The van der Waals surface area contributed by atoms with Crippen molar-refractivity contribution in [1.29, 1.82) is 0 Å². The highest BCUT2D eigenvalue weighted by atomic mass is 16.6. The average molecular weight is 633 g/mol. The van der Waals surface area contributed by atoms with Crippen molar-refractivity contribution < 1.29 is 28.6 Å². The molecule has 0 atom stereocenters.